The van der Waals surface area contributed by atoms with Gasteiger partial charge in [-0.25, -0.2) is 9.97 Å². The summed E-state index contributed by atoms with van der Waals surface area (Å²) in [5.41, 5.74) is 22.8. The summed E-state index contributed by atoms with van der Waals surface area (Å²) in [7, 11) is 1.69. The highest BCUT2D eigenvalue weighted by Gasteiger charge is 2.11. The first-order valence-corrected chi connectivity index (χ1v) is 17.0. The van der Waals surface area contributed by atoms with Crippen LogP contribution in [0.3, 0.4) is 0 Å². The van der Waals surface area contributed by atoms with Gasteiger partial charge in [0.2, 0.25) is 0 Å². The van der Waals surface area contributed by atoms with Gasteiger partial charge in [0, 0.05) is 33.9 Å². The number of anilines is 2. The molecule has 8 rings (SSSR count). The van der Waals surface area contributed by atoms with Crippen molar-refractivity contribution >= 4 is 55.2 Å². The van der Waals surface area contributed by atoms with Gasteiger partial charge in [-0.1, -0.05) is 48.5 Å². The van der Waals surface area contributed by atoms with E-state index in [1.54, 1.807) is 19.2 Å². The summed E-state index contributed by atoms with van der Waals surface area (Å²) in [6.07, 6.45) is 7.45. The standard InChI is InChI=1S/C22H21N3O.C21H19N3O/c1-14-11-17(26-2)10-9-16(14)8-7-15-12-19-18-5-3-4-6-20(18)25-22(23)21(19)24-13-15;1-13-10-16(25)9-8-15(13)7-6-14-11-18-17-4-2-3-5-19(17)24-21(22)20(18)23-12-14/h3-6,9-13H,7-8H2,1-2H3,(H2,23,25);2-5,8-12,25H,6-7H2,1H3,(H2,22,24). The van der Waals surface area contributed by atoms with Gasteiger partial charge in [0.05, 0.1) is 18.1 Å². The quantitative estimate of drug-likeness (QED) is 0.143. The molecule has 0 aliphatic rings. The van der Waals surface area contributed by atoms with Crippen LogP contribution in [0.2, 0.25) is 0 Å². The molecule has 0 spiro atoms. The molecule has 4 aromatic heterocycles. The molecule has 0 bridgehead atoms. The molecule has 0 fully saturated rings. The fourth-order valence-corrected chi connectivity index (χ4v) is 6.67. The number of hydrogen-bond acceptors (Lipinski definition) is 8. The number of hydrogen-bond donors (Lipinski definition) is 3. The predicted octanol–water partition coefficient (Wildman–Crippen LogP) is 8.63. The highest BCUT2D eigenvalue weighted by Crippen LogP contribution is 2.29. The van der Waals surface area contributed by atoms with E-state index in [4.69, 9.17) is 16.2 Å². The van der Waals surface area contributed by atoms with E-state index in [0.717, 1.165) is 86.2 Å². The van der Waals surface area contributed by atoms with Crippen LogP contribution in [0.1, 0.15) is 33.4 Å². The Morgan fingerprint density at radius 3 is 1.55 bits per heavy atom. The van der Waals surface area contributed by atoms with E-state index in [1.807, 2.05) is 67.8 Å². The third-order valence-corrected chi connectivity index (χ3v) is 9.49. The second kappa shape index (κ2) is 14.3. The molecule has 0 saturated carbocycles. The number of pyridine rings is 4. The molecule has 0 aliphatic carbocycles. The Kier molecular flexibility index (Phi) is 9.31. The van der Waals surface area contributed by atoms with Crippen LogP contribution in [0.5, 0.6) is 11.5 Å². The fourth-order valence-electron chi connectivity index (χ4n) is 6.67. The van der Waals surface area contributed by atoms with Crippen molar-refractivity contribution in [3.05, 3.63) is 143 Å². The minimum absolute atomic E-state index is 0.308. The maximum atomic E-state index is 9.54. The molecule has 0 unspecified atom stereocenters. The Hall–Kier alpha value is -6.28. The summed E-state index contributed by atoms with van der Waals surface area (Å²) in [5, 5.41) is 13.8. The first-order chi connectivity index (χ1) is 24.8. The van der Waals surface area contributed by atoms with E-state index in [2.05, 4.69) is 63.3 Å². The van der Waals surface area contributed by atoms with E-state index in [9.17, 15) is 5.11 Å². The van der Waals surface area contributed by atoms with Crippen molar-refractivity contribution in [1.82, 2.24) is 19.9 Å². The number of aromatic nitrogens is 4. The van der Waals surface area contributed by atoms with Gasteiger partial charge < -0.3 is 21.3 Å². The molecule has 8 aromatic rings. The largest absolute Gasteiger partial charge is 0.508 e. The van der Waals surface area contributed by atoms with Crippen molar-refractivity contribution in [2.24, 2.45) is 0 Å². The van der Waals surface area contributed by atoms with Crippen molar-refractivity contribution in [3.63, 3.8) is 0 Å². The number of phenolic OH excluding ortho intramolecular Hbond substituents is 1. The Morgan fingerprint density at radius 2 is 1.06 bits per heavy atom. The molecule has 8 heteroatoms. The van der Waals surface area contributed by atoms with Gasteiger partial charge in [-0.2, -0.15) is 0 Å². The summed E-state index contributed by atoms with van der Waals surface area (Å²) >= 11 is 0. The smallest absolute Gasteiger partial charge is 0.150 e. The van der Waals surface area contributed by atoms with Gasteiger partial charge in [-0.05, 0) is 121 Å². The zero-order chi connectivity index (χ0) is 35.5. The van der Waals surface area contributed by atoms with Gasteiger partial charge >= 0.3 is 0 Å². The van der Waals surface area contributed by atoms with E-state index < -0.39 is 0 Å². The normalized spacial score (nSPS) is 11.2. The molecule has 0 aliphatic heterocycles. The lowest BCUT2D eigenvalue weighted by Crippen LogP contribution is -1.99. The van der Waals surface area contributed by atoms with Crippen LogP contribution < -0.4 is 16.2 Å². The number of nitrogens with two attached hydrogens (primary N) is 2. The third kappa shape index (κ3) is 7.07. The van der Waals surface area contributed by atoms with E-state index >= 15 is 0 Å². The lowest BCUT2D eigenvalue weighted by atomic mass is 10.00. The Bertz CT molecular complexity index is 2550. The second-order valence-corrected chi connectivity index (χ2v) is 12.9. The molecule has 5 N–H and O–H groups in total. The van der Waals surface area contributed by atoms with Crippen molar-refractivity contribution in [1.29, 1.82) is 0 Å². The van der Waals surface area contributed by atoms with Gasteiger partial charge in [0.1, 0.15) is 22.5 Å². The number of aromatic hydroxyl groups is 1. The highest BCUT2D eigenvalue weighted by atomic mass is 16.5. The van der Waals surface area contributed by atoms with Crippen molar-refractivity contribution in [2.75, 3.05) is 18.6 Å². The summed E-state index contributed by atoms with van der Waals surface area (Å²) in [5.74, 6) is 2.15. The first-order valence-electron chi connectivity index (χ1n) is 17.0. The van der Waals surface area contributed by atoms with Gasteiger partial charge in [-0.3, -0.25) is 9.97 Å². The van der Waals surface area contributed by atoms with Crippen LogP contribution in [-0.4, -0.2) is 32.2 Å². The molecule has 51 heavy (non-hydrogen) atoms. The monoisotopic (exact) mass is 672 g/mol. The second-order valence-electron chi connectivity index (χ2n) is 12.9. The number of benzene rings is 4. The van der Waals surface area contributed by atoms with Crippen LogP contribution in [0, 0.1) is 13.8 Å². The molecular weight excluding hydrogens is 633 g/mol. The lowest BCUT2D eigenvalue weighted by molar-refractivity contribution is 0.414. The lowest BCUT2D eigenvalue weighted by Gasteiger charge is -2.10. The number of methoxy groups -OCH3 is 1. The summed E-state index contributed by atoms with van der Waals surface area (Å²) in [4.78, 5) is 18.0. The average molecular weight is 673 g/mol. The van der Waals surface area contributed by atoms with Crippen molar-refractivity contribution in [3.8, 4) is 11.5 Å². The summed E-state index contributed by atoms with van der Waals surface area (Å²) in [6, 6.07) is 32.2. The summed E-state index contributed by atoms with van der Waals surface area (Å²) in [6.45, 7) is 4.14. The fraction of sp³-hybridized carbons (Fsp3) is 0.163. The average Bonchev–Trinajstić information content (AvgIpc) is 3.14. The number of aryl methyl sites for hydroxylation is 6. The maximum Gasteiger partial charge on any atom is 0.150 e. The number of ether oxygens (including phenoxy) is 1. The van der Waals surface area contributed by atoms with Crippen LogP contribution >= 0.6 is 0 Å². The number of phenols is 1. The molecular formula is C43H40N6O2. The number of fused-ring (bicyclic) bond motifs is 6. The topological polar surface area (TPSA) is 133 Å². The molecule has 0 radical (unpaired) electrons. The Morgan fingerprint density at radius 1 is 0.569 bits per heavy atom. The van der Waals surface area contributed by atoms with E-state index in [1.165, 1.54) is 22.3 Å². The number of nitrogens with zero attached hydrogens (tertiary/aromatic N) is 4. The Labute approximate surface area is 296 Å². The van der Waals surface area contributed by atoms with Gasteiger partial charge in [-0.15, -0.1) is 0 Å². The van der Waals surface area contributed by atoms with Crippen LogP contribution in [-0.2, 0) is 25.7 Å². The molecule has 4 aromatic carbocycles. The Balaban J connectivity index is 0.000000159. The number of rotatable bonds is 7. The minimum atomic E-state index is 0.308. The maximum absolute atomic E-state index is 9.54. The predicted molar refractivity (Wildman–Crippen MR) is 208 cm³/mol. The van der Waals surface area contributed by atoms with Crippen LogP contribution in [0.4, 0.5) is 11.6 Å². The molecule has 0 amide bonds. The zero-order valence-electron chi connectivity index (χ0n) is 29.0. The third-order valence-electron chi connectivity index (χ3n) is 9.49. The number of para-hydroxylation sites is 2. The minimum Gasteiger partial charge on any atom is -0.508 e. The van der Waals surface area contributed by atoms with Crippen LogP contribution in [0.15, 0.2) is 109 Å². The van der Waals surface area contributed by atoms with E-state index in [0.29, 0.717) is 17.4 Å². The molecule has 4 heterocycles. The van der Waals surface area contributed by atoms with Gasteiger partial charge in [0.25, 0.3) is 0 Å². The highest BCUT2D eigenvalue weighted by molar-refractivity contribution is 6.09. The molecule has 0 atom stereocenters. The van der Waals surface area contributed by atoms with Gasteiger partial charge in [0.15, 0.2) is 11.6 Å². The summed E-state index contributed by atoms with van der Waals surface area (Å²) < 4.78 is 5.29. The molecule has 8 nitrogen and oxygen atoms in total. The van der Waals surface area contributed by atoms with Crippen molar-refractivity contribution < 1.29 is 9.84 Å². The SMILES string of the molecule is COc1ccc(CCc2cnc3c(N)nc4ccccc4c3c2)c(C)c1.Cc1cc(O)ccc1CCc1cnc2c(N)nc3ccccc3c2c1. The molecule has 0 saturated heterocycles. The van der Waals surface area contributed by atoms with Crippen LogP contribution in [0.25, 0.3) is 43.6 Å². The zero-order valence-corrected chi connectivity index (χ0v) is 29.0. The van der Waals surface area contributed by atoms with Crippen molar-refractivity contribution in [2.45, 2.75) is 39.5 Å². The molecule has 254 valence electrons. The first kappa shape index (κ1) is 33.2. The van der Waals surface area contributed by atoms with E-state index in [-0.39, 0.29) is 0 Å². The number of nitrogen functional groups attached to an aromatic ring is 2.